The number of carboxylic acid groups (broad SMARTS) is 1. The second-order valence-corrected chi connectivity index (χ2v) is 5.86. The molecule has 2 N–H and O–H groups in total. The summed E-state index contributed by atoms with van der Waals surface area (Å²) in [4.78, 5) is 24.6. The van der Waals surface area contributed by atoms with Gasteiger partial charge in [-0.25, -0.2) is 0 Å². The van der Waals surface area contributed by atoms with Gasteiger partial charge in [0.2, 0.25) is 5.91 Å². The lowest BCUT2D eigenvalue weighted by Gasteiger charge is -2.28. The summed E-state index contributed by atoms with van der Waals surface area (Å²) in [6.07, 6.45) is 5.75. The monoisotopic (exact) mass is 284 g/mol. The second kappa shape index (κ2) is 8.95. The zero-order valence-electron chi connectivity index (χ0n) is 12.7. The number of carbonyl (C=O) groups is 2. The average molecular weight is 284 g/mol. The molecule has 1 rings (SSSR count). The molecule has 0 spiro atoms. The predicted molar refractivity (Wildman–Crippen MR) is 78.6 cm³/mol. The van der Waals surface area contributed by atoms with Crippen molar-refractivity contribution in [1.29, 1.82) is 0 Å². The van der Waals surface area contributed by atoms with Crippen LogP contribution < -0.4 is 5.32 Å². The molecule has 1 aliphatic heterocycles. The van der Waals surface area contributed by atoms with Crippen LogP contribution in [0.1, 0.15) is 58.8 Å². The van der Waals surface area contributed by atoms with E-state index >= 15 is 0 Å². The SMILES string of the molecule is CC(C)N(CCCC(=O)O)C(=O)CCC1CCCCN1. The minimum Gasteiger partial charge on any atom is -0.481 e. The van der Waals surface area contributed by atoms with Gasteiger partial charge in [0.1, 0.15) is 0 Å². The van der Waals surface area contributed by atoms with Crippen LogP contribution in [0.3, 0.4) is 0 Å². The lowest BCUT2D eigenvalue weighted by Crippen LogP contribution is -2.40. The van der Waals surface area contributed by atoms with E-state index in [4.69, 9.17) is 5.11 Å². The van der Waals surface area contributed by atoms with Crippen molar-refractivity contribution in [1.82, 2.24) is 10.2 Å². The standard InChI is InChI=1S/C15H28N2O3/c1-12(2)17(11-5-7-15(19)20)14(18)9-8-13-6-3-4-10-16-13/h12-13,16H,3-11H2,1-2H3,(H,19,20). The number of piperidine rings is 1. The highest BCUT2D eigenvalue weighted by Gasteiger charge is 2.19. The van der Waals surface area contributed by atoms with Crippen molar-refractivity contribution in [3.8, 4) is 0 Å². The Bertz CT molecular complexity index is 312. The van der Waals surface area contributed by atoms with Gasteiger partial charge in [-0.1, -0.05) is 6.42 Å². The summed E-state index contributed by atoms with van der Waals surface area (Å²) >= 11 is 0. The van der Waals surface area contributed by atoms with Gasteiger partial charge in [-0.15, -0.1) is 0 Å². The van der Waals surface area contributed by atoms with Gasteiger partial charge in [0.25, 0.3) is 0 Å². The maximum absolute atomic E-state index is 12.3. The van der Waals surface area contributed by atoms with Gasteiger partial charge < -0.3 is 15.3 Å². The summed E-state index contributed by atoms with van der Waals surface area (Å²) in [6, 6.07) is 0.608. The summed E-state index contributed by atoms with van der Waals surface area (Å²) in [5.74, 6) is -0.648. The average Bonchev–Trinajstić information content (AvgIpc) is 2.41. The number of hydrogen-bond acceptors (Lipinski definition) is 3. The first-order valence-corrected chi connectivity index (χ1v) is 7.75. The third-order valence-electron chi connectivity index (χ3n) is 3.85. The molecule has 0 aromatic heterocycles. The van der Waals surface area contributed by atoms with Crippen molar-refractivity contribution in [3.63, 3.8) is 0 Å². The first kappa shape index (κ1) is 17.0. The number of nitrogens with zero attached hydrogens (tertiary/aromatic N) is 1. The summed E-state index contributed by atoms with van der Waals surface area (Å²) in [5.41, 5.74) is 0. The highest BCUT2D eigenvalue weighted by molar-refractivity contribution is 5.76. The van der Waals surface area contributed by atoms with Crippen LogP contribution in [0.15, 0.2) is 0 Å². The van der Waals surface area contributed by atoms with E-state index in [1.165, 1.54) is 12.8 Å². The molecular weight excluding hydrogens is 256 g/mol. The summed E-state index contributed by atoms with van der Waals surface area (Å²) < 4.78 is 0. The van der Waals surface area contributed by atoms with Gasteiger partial charge >= 0.3 is 5.97 Å². The molecule has 5 nitrogen and oxygen atoms in total. The van der Waals surface area contributed by atoms with E-state index < -0.39 is 5.97 Å². The zero-order valence-corrected chi connectivity index (χ0v) is 12.7. The topological polar surface area (TPSA) is 69.6 Å². The molecule has 1 atom stereocenters. The van der Waals surface area contributed by atoms with Crippen molar-refractivity contribution in [2.75, 3.05) is 13.1 Å². The lowest BCUT2D eigenvalue weighted by molar-refractivity contribution is -0.138. The minimum absolute atomic E-state index is 0.126. The zero-order chi connectivity index (χ0) is 15.0. The molecule has 116 valence electrons. The van der Waals surface area contributed by atoms with E-state index in [0.717, 1.165) is 19.4 Å². The lowest BCUT2D eigenvalue weighted by atomic mass is 10.00. The van der Waals surface area contributed by atoms with Gasteiger partial charge in [0.15, 0.2) is 0 Å². The van der Waals surface area contributed by atoms with Crippen LogP contribution in [0.5, 0.6) is 0 Å². The molecule has 0 radical (unpaired) electrons. The van der Waals surface area contributed by atoms with Crippen molar-refractivity contribution in [2.45, 2.75) is 70.9 Å². The van der Waals surface area contributed by atoms with E-state index in [0.29, 0.717) is 25.4 Å². The van der Waals surface area contributed by atoms with Crippen LogP contribution in [0.2, 0.25) is 0 Å². The molecule has 0 aromatic rings. The van der Waals surface area contributed by atoms with Crippen molar-refractivity contribution in [3.05, 3.63) is 0 Å². The fourth-order valence-corrected chi connectivity index (χ4v) is 2.68. The maximum Gasteiger partial charge on any atom is 0.303 e. The Balaban J connectivity index is 2.32. The minimum atomic E-state index is -0.799. The van der Waals surface area contributed by atoms with Crippen LogP contribution in [0.25, 0.3) is 0 Å². The highest BCUT2D eigenvalue weighted by Crippen LogP contribution is 2.14. The molecule has 1 fully saturated rings. The summed E-state index contributed by atoms with van der Waals surface area (Å²) in [6.45, 7) is 5.57. The van der Waals surface area contributed by atoms with Gasteiger partial charge in [0, 0.05) is 31.5 Å². The predicted octanol–water partition coefficient (Wildman–Crippen LogP) is 2.01. The van der Waals surface area contributed by atoms with Crippen molar-refractivity contribution in [2.24, 2.45) is 0 Å². The largest absolute Gasteiger partial charge is 0.481 e. The molecule has 1 amide bonds. The second-order valence-electron chi connectivity index (χ2n) is 5.86. The van der Waals surface area contributed by atoms with E-state index in [9.17, 15) is 9.59 Å². The third kappa shape index (κ3) is 6.37. The number of carboxylic acids is 1. The molecule has 5 heteroatoms. The Morgan fingerprint density at radius 1 is 1.30 bits per heavy atom. The molecule has 0 saturated carbocycles. The van der Waals surface area contributed by atoms with E-state index in [1.54, 1.807) is 0 Å². The third-order valence-corrected chi connectivity index (χ3v) is 3.85. The molecule has 1 unspecified atom stereocenters. The summed E-state index contributed by atoms with van der Waals surface area (Å²) in [7, 11) is 0. The Morgan fingerprint density at radius 3 is 2.60 bits per heavy atom. The number of hydrogen-bond donors (Lipinski definition) is 2. The first-order chi connectivity index (χ1) is 9.50. The molecule has 0 aliphatic carbocycles. The molecule has 1 aliphatic rings. The number of nitrogens with one attached hydrogen (secondary N) is 1. The van der Waals surface area contributed by atoms with Crippen molar-refractivity contribution < 1.29 is 14.7 Å². The van der Waals surface area contributed by atoms with Crippen molar-refractivity contribution >= 4 is 11.9 Å². The van der Waals surface area contributed by atoms with E-state index in [2.05, 4.69) is 5.32 Å². The fourth-order valence-electron chi connectivity index (χ4n) is 2.68. The highest BCUT2D eigenvalue weighted by atomic mass is 16.4. The quantitative estimate of drug-likeness (QED) is 0.715. The molecule has 0 aromatic carbocycles. The Kier molecular flexibility index (Phi) is 7.59. The normalized spacial score (nSPS) is 19.1. The van der Waals surface area contributed by atoms with E-state index in [-0.39, 0.29) is 18.4 Å². The number of carbonyl (C=O) groups excluding carboxylic acids is 1. The van der Waals surface area contributed by atoms with Crippen LogP contribution in [-0.2, 0) is 9.59 Å². The number of amides is 1. The van der Waals surface area contributed by atoms with Crippen LogP contribution in [-0.4, -0.2) is 47.1 Å². The van der Waals surface area contributed by atoms with Crippen LogP contribution in [0.4, 0.5) is 0 Å². The molecule has 1 saturated heterocycles. The molecule has 20 heavy (non-hydrogen) atoms. The maximum atomic E-state index is 12.3. The summed E-state index contributed by atoms with van der Waals surface area (Å²) in [5, 5.41) is 12.1. The van der Waals surface area contributed by atoms with E-state index in [1.807, 2.05) is 18.7 Å². The van der Waals surface area contributed by atoms with Crippen LogP contribution >= 0.6 is 0 Å². The smallest absolute Gasteiger partial charge is 0.303 e. The van der Waals surface area contributed by atoms with Gasteiger partial charge in [-0.2, -0.15) is 0 Å². The molecular formula is C15H28N2O3. The van der Waals surface area contributed by atoms with Gasteiger partial charge in [-0.3, -0.25) is 9.59 Å². The Morgan fingerprint density at radius 2 is 2.05 bits per heavy atom. The van der Waals surface area contributed by atoms with Crippen LogP contribution in [0, 0.1) is 0 Å². The molecule has 0 bridgehead atoms. The van der Waals surface area contributed by atoms with Gasteiger partial charge in [0.05, 0.1) is 0 Å². The fraction of sp³-hybridized carbons (Fsp3) is 0.867. The number of aliphatic carboxylic acids is 1. The number of rotatable bonds is 8. The Labute approximate surface area is 121 Å². The Hall–Kier alpha value is -1.10. The molecule has 1 heterocycles. The first-order valence-electron chi connectivity index (χ1n) is 7.75. The van der Waals surface area contributed by atoms with Gasteiger partial charge in [-0.05, 0) is 46.1 Å².